The first-order chi connectivity index (χ1) is 5.64. The van der Waals surface area contributed by atoms with Gasteiger partial charge in [0.2, 0.25) is 5.91 Å². The molecule has 1 aliphatic rings. The van der Waals surface area contributed by atoms with E-state index in [0.29, 0.717) is 5.91 Å². The Labute approximate surface area is 74.9 Å². The van der Waals surface area contributed by atoms with Crippen molar-refractivity contribution in [2.45, 2.75) is 40.0 Å². The first kappa shape index (κ1) is 9.56. The van der Waals surface area contributed by atoms with E-state index in [4.69, 9.17) is 0 Å². The Bertz CT molecular complexity index is 169. The molecule has 0 spiro atoms. The minimum atomic E-state index is -0.00792. The summed E-state index contributed by atoms with van der Waals surface area (Å²) in [6.07, 6.45) is 3.40. The van der Waals surface area contributed by atoms with Gasteiger partial charge in [-0.3, -0.25) is 4.79 Å². The maximum absolute atomic E-state index is 11.8. The maximum atomic E-state index is 11.8. The number of rotatable bonds is 3. The Hall–Kier alpha value is -0.530. The van der Waals surface area contributed by atoms with E-state index in [1.54, 1.807) is 0 Å². The summed E-state index contributed by atoms with van der Waals surface area (Å²) in [6.45, 7) is 7.89. The number of nitrogens with zero attached hydrogens (tertiary/aromatic N) is 1. The second kappa shape index (κ2) is 3.46. The van der Waals surface area contributed by atoms with Crippen LogP contribution in [0.3, 0.4) is 0 Å². The fourth-order valence-corrected chi connectivity index (χ4v) is 1.81. The summed E-state index contributed by atoms with van der Waals surface area (Å²) in [6, 6.07) is 0. The Morgan fingerprint density at radius 1 is 1.33 bits per heavy atom. The van der Waals surface area contributed by atoms with Crippen LogP contribution < -0.4 is 0 Å². The number of hydrogen-bond acceptors (Lipinski definition) is 1. The van der Waals surface area contributed by atoms with E-state index < -0.39 is 0 Å². The molecule has 0 aromatic carbocycles. The Morgan fingerprint density at radius 3 is 2.08 bits per heavy atom. The van der Waals surface area contributed by atoms with E-state index in [0.717, 1.165) is 25.9 Å². The summed E-state index contributed by atoms with van der Waals surface area (Å²) in [5, 5.41) is 0. The summed E-state index contributed by atoms with van der Waals surface area (Å²) in [5.41, 5.74) is -0.00792. The van der Waals surface area contributed by atoms with Gasteiger partial charge in [-0.25, -0.2) is 0 Å². The first-order valence-electron chi connectivity index (χ1n) is 4.93. The van der Waals surface area contributed by atoms with Crippen molar-refractivity contribution in [2.24, 2.45) is 5.41 Å². The summed E-state index contributed by atoms with van der Waals surface area (Å²) >= 11 is 0. The molecule has 0 atom stereocenters. The Balaban J connectivity index is 2.55. The predicted octanol–water partition coefficient (Wildman–Crippen LogP) is 2.04. The molecule has 1 aliphatic carbocycles. The molecule has 1 saturated carbocycles. The highest BCUT2D eigenvalue weighted by molar-refractivity contribution is 5.83. The first-order valence-corrected chi connectivity index (χ1v) is 4.93. The van der Waals surface area contributed by atoms with Gasteiger partial charge in [0, 0.05) is 18.5 Å². The fraction of sp³-hybridized carbons (Fsp3) is 0.900. The van der Waals surface area contributed by atoms with E-state index >= 15 is 0 Å². The lowest BCUT2D eigenvalue weighted by Crippen LogP contribution is -2.45. The van der Waals surface area contributed by atoms with Crippen molar-refractivity contribution in [3.8, 4) is 0 Å². The van der Waals surface area contributed by atoms with Crippen LogP contribution in [0.25, 0.3) is 0 Å². The van der Waals surface area contributed by atoms with Crippen molar-refractivity contribution in [1.29, 1.82) is 0 Å². The van der Waals surface area contributed by atoms with Crippen LogP contribution in [0.15, 0.2) is 0 Å². The molecule has 2 heteroatoms. The van der Waals surface area contributed by atoms with Gasteiger partial charge in [-0.2, -0.15) is 0 Å². The average molecular weight is 169 g/mol. The zero-order valence-electron chi connectivity index (χ0n) is 8.39. The van der Waals surface area contributed by atoms with Crippen LogP contribution in [0.4, 0.5) is 0 Å². The molecule has 0 bridgehead atoms. The van der Waals surface area contributed by atoms with Crippen LogP contribution in [-0.2, 0) is 4.79 Å². The van der Waals surface area contributed by atoms with Crippen molar-refractivity contribution < 1.29 is 4.79 Å². The number of hydrogen-bond donors (Lipinski definition) is 0. The van der Waals surface area contributed by atoms with Crippen LogP contribution in [0.5, 0.6) is 0 Å². The summed E-state index contributed by atoms with van der Waals surface area (Å²) < 4.78 is 0. The number of amides is 1. The second-order valence-electron chi connectivity index (χ2n) is 3.89. The minimum Gasteiger partial charge on any atom is -0.343 e. The molecule has 12 heavy (non-hydrogen) atoms. The third kappa shape index (κ3) is 1.47. The smallest absolute Gasteiger partial charge is 0.228 e. The molecule has 0 saturated heterocycles. The zero-order chi connectivity index (χ0) is 9.19. The average Bonchev–Trinajstić information content (AvgIpc) is 2.02. The minimum absolute atomic E-state index is 0.00792. The molecule has 70 valence electrons. The molecule has 0 radical (unpaired) electrons. The van der Waals surface area contributed by atoms with Gasteiger partial charge in [0.25, 0.3) is 0 Å². The van der Waals surface area contributed by atoms with Gasteiger partial charge in [0.15, 0.2) is 0 Å². The fourth-order valence-electron chi connectivity index (χ4n) is 1.81. The van der Waals surface area contributed by atoms with Crippen molar-refractivity contribution >= 4 is 5.91 Å². The van der Waals surface area contributed by atoms with Gasteiger partial charge in [-0.1, -0.05) is 13.3 Å². The van der Waals surface area contributed by atoms with Crippen LogP contribution in [0.1, 0.15) is 40.0 Å². The molecule has 0 aliphatic heterocycles. The number of carbonyl (C=O) groups excluding carboxylic acids is 1. The normalized spacial score (nSPS) is 19.9. The lowest BCUT2D eigenvalue weighted by molar-refractivity contribution is -0.145. The van der Waals surface area contributed by atoms with Crippen LogP contribution >= 0.6 is 0 Å². The quantitative estimate of drug-likeness (QED) is 0.633. The van der Waals surface area contributed by atoms with E-state index in [9.17, 15) is 4.79 Å². The molecule has 1 amide bonds. The van der Waals surface area contributed by atoms with Crippen LogP contribution in [0, 0.1) is 5.41 Å². The lowest BCUT2D eigenvalue weighted by Gasteiger charge is -2.40. The molecule has 0 aromatic rings. The molecule has 2 nitrogen and oxygen atoms in total. The van der Waals surface area contributed by atoms with Crippen molar-refractivity contribution in [3.05, 3.63) is 0 Å². The van der Waals surface area contributed by atoms with Crippen molar-refractivity contribution in [1.82, 2.24) is 4.90 Å². The molecular formula is C10H19NO. The predicted molar refractivity (Wildman–Crippen MR) is 49.9 cm³/mol. The highest BCUT2D eigenvalue weighted by Crippen LogP contribution is 2.41. The summed E-state index contributed by atoms with van der Waals surface area (Å²) in [4.78, 5) is 13.8. The molecular weight excluding hydrogens is 150 g/mol. The number of carbonyl (C=O) groups is 1. The Morgan fingerprint density at radius 2 is 1.83 bits per heavy atom. The van der Waals surface area contributed by atoms with Gasteiger partial charge < -0.3 is 4.90 Å². The van der Waals surface area contributed by atoms with Gasteiger partial charge >= 0.3 is 0 Å². The molecule has 1 fully saturated rings. The standard InChI is InChI=1S/C10H19NO/c1-4-11(5-2)9(12)10(3)7-6-8-10/h4-8H2,1-3H3. The second-order valence-corrected chi connectivity index (χ2v) is 3.89. The van der Waals surface area contributed by atoms with Gasteiger partial charge in [-0.15, -0.1) is 0 Å². The van der Waals surface area contributed by atoms with Crippen molar-refractivity contribution in [3.63, 3.8) is 0 Å². The van der Waals surface area contributed by atoms with Gasteiger partial charge in [0.1, 0.15) is 0 Å². The molecule has 1 rings (SSSR count). The highest BCUT2D eigenvalue weighted by atomic mass is 16.2. The topological polar surface area (TPSA) is 20.3 Å². The highest BCUT2D eigenvalue weighted by Gasteiger charge is 2.40. The summed E-state index contributed by atoms with van der Waals surface area (Å²) in [7, 11) is 0. The van der Waals surface area contributed by atoms with Gasteiger partial charge in [0.05, 0.1) is 0 Å². The van der Waals surface area contributed by atoms with Crippen molar-refractivity contribution in [2.75, 3.05) is 13.1 Å². The van der Waals surface area contributed by atoms with Crippen LogP contribution in [0.2, 0.25) is 0 Å². The third-order valence-electron chi connectivity index (χ3n) is 3.02. The van der Waals surface area contributed by atoms with Gasteiger partial charge in [-0.05, 0) is 26.7 Å². The molecule has 0 unspecified atom stereocenters. The Kier molecular flexibility index (Phi) is 2.76. The lowest BCUT2D eigenvalue weighted by atomic mass is 9.69. The molecule has 0 heterocycles. The van der Waals surface area contributed by atoms with Crippen LogP contribution in [-0.4, -0.2) is 23.9 Å². The SMILES string of the molecule is CCN(CC)C(=O)C1(C)CCC1. The largest absolute Gasteiger partial charge is 0.343 e. The molecule has 0 aromatic heterocycles. The molecule has 0 N–H and O–H groups in total. The van der Waals surface area contributed by atoms with E-state index in [-0.39, 0.29) is 5.41 Å². The van der Waals surface area contributed by atoms with E-state index in [2.05, 4.69) is 6.92 Å². The maximum Gasteiger partial charge on any atom is 0.228 e. The van der Waals surface area contributed by atoms with E-state index in [1.165, 1.54) is 6.42 Å². The third-order valence-corrected chi connectivity index (χ3v) is 3.02. The monoisotopic (exact) mass is 169 g/mol. The zero-order valence-corrected chi connectivity index (χ0v) is 8.39. The summed E-state index contributed by atoms with van der Waals surface area (Å²) in [5.74, 6) is 0.360. The van der Waals surface area contributed by atoms with E-state index in [1.807, 2.05) is 18.7 Å².